The van der Waals surface area contributed by atoms with Gasteiger partial charge in [-0.05, 0) is 46.1 Å². The van der Waals surface area contributed by atoms with Gasteiger partial charge in [-0.2, -0.15) is 0 Å². The van der Waals surface area contributed by atoms with Crippen LogP contribution in [0.25, 0.3) is 16.9 Å². The SMILES string of the molecule is CC(C)(C)c1cc(CC(C)(C)c2ccc(Cc3c(C(C)(C)C)ccc4nccn34)c3nccn23)c2nccn2c1. The molecule has 206 valence electrons. The maximum Gasteiger partial charge on any atom is 0.140 e. The van der Waals surface area contributed by atoms with Crippen LogP contribution in [0.5, 0.6) is 0 Å². The molecule has 6 nitrogen and oxygen atoms in total. The van der Waals surface area contributed by atoms with Gasteiger partial charge in [0, 0.05) is 72.2 Å². The maximum absolute atomic E-state index is 4.87. The van der Waals surface area contributed by atoms with Crippen LogP contribution in [0.3, 0.4) is 0 Å². The molecule has 0 radical (unpaired) electrons. The van der Waals surface area contributed by atoms with Crippen molar-refractivity contribution in [3.05, 3.63) is 107 Å². The molecule has 6 rings (SSSR count). The van der Waals surface area contributed by atoms with Gasteiger partial charge < -0.3 is 13.2 Å². The molecule has 0 bridgehead atoms. The summed E-state index contributed by atoms with van der Waals surface area (Å²) in [6.07, 6.45) is 15.8. The van der Waals surface area contributed by atoms with Gasteiger partial charge in [0.25, 0.3) is 0 Å². The fourth-order valence-corrected chi connectivity index (χ4v) is 6.07. The average molecular weight is 533 g/mol. The largest absolute Gasteiger partial charge is 0.307 e. The Bertz CT molecular complexity index is 1850. The zero-order valence-electron chi connectivity index (χ0n) is 25.0. The van der Waals surface area contributed by atoms with Gasteiger partial charge in [0.2, 0.25) is 0 Å². The Morgan fingerprint density at radius 1 is 0.675 bits per heavy atom. The normalized spacial score (nSPS) is 13.2. The highest BCUT2D eigenvalue weighted by molar-refractivity contribution is 5.56. The molecule has 0 aliphatic heterocycles. The standard InChI is InChI=1S/C34H40N6/c1-32(2,3)25-19-24(30-36-13-16-38(30)22-25)21-34(7,8)28-11-9-23(31-37-15-18-40(28)31)20-27-26(33(4,5)6)10-12-29-35-14-17-39(27)29/h9-19,22H,20-21H2,1-8H3. The highest BCUT2D eigenvalue weighted by Crippen LogP contribution is 2.34. The third-order valence-corrected chi connectivity index (χ3v) is 8.22. The fourth-order valence-electron chi connectivity index (χ4n) is 6.07. The number of imidazole rings is 3. The summed E-state index contributed by atoms with van der Waals surface area (Å²) in [5.74, 6) is 0. The smallest absolute Gasteiger partial charge is 0.140 e. The van der Waals surface area contributed by atoms with Crippen LogP contribution in [-0.2, 0) is 29.1 Å². The minimum atomic E-state index is -0.151. The lowest BCUT2D eigenvalue weighted by atomic mass is 9.80. The van der Waals surface area contributed by atoms with E-state index < -0.39 is 0 Å². The molecule has 0 N–H and O–H groups in total. The minimum absolute atomic E-state index is 0.0151. The number of hydrogen-bond acceptors (Lipinski definition) is 3. The first-order chi connectivity index (χ1) is 18.8. The van der Waals surface area contributed by atoms with E-state index in [0.717, 1.165) is 29.8 Å². The molecule has 0 fully saturated rings. The summed E-state index contributed by atoms with van der Waals surface area (Å²) in [7, 11) is 0. The molecule has 0 spiro atoms. The van der Waals surface area contributed by atoms with Crippen LogP contribution >= 0.6 is 0 Å². The Kier molecular flexibility index (Phi) is 5.95. The number of fused-ring (bicyclic) bond motifs is 3. The van der Waals surface area contributed by atoms with Gasteiger partial charge in [0.15, 0.2) is 0 Å². The van der Waals surface area contributed by atoms with Crippen molar-refractivity contribution in [3.63, 3.8) is 0 Å². The van der Waals surface area contributed by atoms with E-state index >= 15 is 0 Å². The number of nitrogens with zero attached hydrogens (tertiary/aromatic N) is 6. The fraction of sp³-hybridized carbons (Fsp3) is 0.382. The molecule has 0 saturated heterocycles. The average Bonchev–Trinajstić information content (AvgIpc) is 3.62. The second-order valence-corrected chi connectivity index (χ2v) is 13.9. The summed E-state index contributed by atoms with van der Waals surface area (Å²) in [5.41, 5.74) is 10.6. The third-order valence-electron chi connectivity index (χ3n) is 8.22. The Balaban J connectivity index is 1.42. The molecular weight excluding hydrogens is 492 g/mol. The topological polar surface area (TPSA) is 51.9 Å². The second-order valence-electron chi connectivity index (χ2n) is 13.9. The van der Waals surface area contributed by atoms with E-state index in [4.69, 9.17) is 9.97 Å². The third kappa shape index (κ3) is 4.49. The van der Waals surface area contributed by atoms with E-state index in [-0.39, 0.29) is 16.2 Å². The summed E-state index contributed by atoms with van der Waals surface area (Å²) in [5, 5.41) is 0. The van der Waals surface area contributed by atoms with E-state index in [1.54, 1.807) is 0 Å². The van der Waals surface area contributed by atoms with Gasteiger partial charge in [-0.25, -0.2) is 15.0 Å². The molecule has 0 amide bonds. The van der Waals surface area contributed by atoms with Crippen LogP contribution in [0.2, 0.25) is 0 Å². The van der Waals surface area contributed by atoms with E-state index in [1.165, 1.54) is 33.6 Å². The lowest BCUT2D eigenvalue weighted by Gasteiger charge is -2.29. The summed E-state index contributed by atoms with van der Waals surface area (Å²) in [6, 6.07) is 11.3. The van der Waals surface area contributed by atoms with Gasteiger partial charge in [0.05, 0.1) is 0 Å². The van der Waals surface area contributed by atoms with Crippen LogP contribution < -0.4 is 0 Å². The molecule has 6 aromatic rings. The molecule has 0 aliphatic carbocycles. The monoisotopic (exact) mass is 532 g/mol. The number of rotatable bonds is 5. The number of hydrogen-bond donors (Lipinski definition) is 0. The van der Waals surface area contributed by atoms with Crippen molar-refractivity contribution >= 4 is 16.9 Å². The Morgan fingerprint density at radius 2 is 1.38 bits per heavy atom. The Hall–Kier alpha value is -3.93. The Morgan fingerprint density at radius 3 is 2.12 bits per heavy atom. The van der Waals surface area contributed by atoms with Crippen LogP contribution in [0.4, 0.5) is 0 Å². The molecule has 0 saturated carbocycles. The van der Waals surface area contributed by atoms with E-state index in [0.29, 0.717) is 0 Å². The summed E-state index contributed by atoms with van der Waals surface area (Å²) in [4.78, 5) is 14.1. The predicted octanol–water partition coefficient (Wildman–Crippen LogP) is 7.34. The van der Waals surface area contributed by atoms with Crippen molar-refractivity contribution in [1.29, 1.82) is 0 Å². The molecule has 6 aromatic heterocycles. The summed E-state index contributed by atoms with van der Waals surface area (Å²) < 4.78 is 6.69. The molecule has 0 aromatic carbocycles. The Labute approximate surface area is 236 Å². The van der Waals surface area contributed by atoms with Gasteiger partial charge in [0.1, 0.15) is 16.9 Å². The van der Waals surface area contributed by atoms with Crippen molar-refractivity contribution in [2.24, 2.45) is 0 Å². The first kappa shape index (κ1) is 26.3. The van der Waals surface area contributed by atoms with Crippen molar-refractivity contribution < 1.29 is 0 Å². The van der Waals surface area contributed by atoms with Crippen molar-refractivity contribution in [2.75, 3.05) is 0 Å². The quantitative estimate of drug-likeness (QED) is 0.233. The highest BCUT2D eigenvalue weighted by Gasteiger charge is 2.28. The van der Waals surface area contributed by atoms with E-state index in [2.05, 4.69) is 129 Å². The molecule has 40 heavy (non-hydrogen) atoms. The maximum atomic E-state index is 4.87. The lowest BCUT2D eigenvalue weighted by molar-refractivity contribution is 0.498. The second kappa shape index (κ2) is 9.05. The van der Waals surface area contributed by atoms with Crippen LogP contribution in [0.1, 0.15) is 89.0 Å². The summed E-state index contributed by atoms with van der Waals surface area (Å²) >= 11 is 0. The molecule has 0 atom stereocenters. The summed E-state index contributed by atoms with van der Waals surface area (Å²) in [6.45, 7) is 18.3. The van der Waals surface area contributed by atoms with Crippen molar-refractivity contribution in [3.8, 4) is 0 Å². The van der Waals surface area contributed by atoms with Gasteiger partial charge >= 0.3 is 0 Å². The zero-order chi connectivity index (χ0) is 28.4. The van der Waals surface area contributed by atoms with Gasteiger partial charge in [-0.1, -0.05) is 73.6 Å². The van der Waals surface area contributed by atoms with Crippen molar-refractivity contribution in [2.45, 2.75) is 84.5 Å². The molecule has 0 aliphatic rings. The molecule has 0 unspecified atom stereocenters. The minimum Gasteiger partial charge on any atom is -0.307 e. The first-order valence-corrected chi connectivity index (χ1v) is 14.2. The van der Waals surface area contributed by atoms with E-state index in [9.17, 15) is 0 Å². The molecular formula is C34H40N6. The van der Waals surface area contributed by atoms with Crippen LogP contribution in [0, 0.1) is 0 Å². The zero-order valence-corrected chi connectivity index (χ0v) is 25.0. The lowest BCUT2D eigenvalue weighted by Crippen LogP contribution is -2.25. The van der Waals surface area contributed by atoms with Crippen molar-refractivity contribution in [1.82, 2.24) is 28.2 Å². The van der Waals surface area contributed by atoms with Crippen LogP contribution in [0.15, 0.2) is 73.7 Å². The highest BCUT2D eigenvalue weighted by atomic mass is 15.0. The van der Waals surface area contributed by atoms with Crippen LogP contribution in [-0.4, -0.2) is 28.2 Å². The number of aromatic nitrogens is 6. The van der Waals surface area contributed by atoms with Gasteiger partial charge in [-0.15, -0.1) is 0 Å². The van der Waals surface area contributed by atoms with E-state index in [1.807, 2.05) is 18.6 Å². The first-order valence-electron chi connectivity index (χ1n) is 14.2. The molecule has 6 heterocycles. The molecule has 6 heteroatoms. The van der Waals surface area contributed by atoms with Gasteiger partial charge in [-0.3, -0.25) is 0 Å². The predicted molar refractivity (Wildman–Crippen MR) is 163 cm³/mol. The number of pyridine rings is 3.